The molecule has 3 aromatic rings. The van der Waals surface area contributed by atoms with Crippen LogP contribution in [0.1, 0.15) is 10.4 Å². The second kappa shape index (κ2) is 3.56. The van der Waals surface area contributed by atoms with Gasteiger partial charge in [-0.1, -0.05) is 6.07 Å². The van der Waals surface area contributed by atoms with Gasteiger partial charge >= 0.3 is 5.97 Å². The maximum absolute atomic E-state index is 11.2. The summed E-state index contributed by atoms with van der Waals surface area (Å²) in [6.07, 6.45) is 1.66. The maximum atomic E-state index is 11.2. The lowest BCUT2D eigenvalue weighted by Gasteiger charge is -1.97. The second-order valence-electron chi connectivity index (χ2n) is 3.71. The Hall–Kier alpha value is -1.88. The van der Waals surface area contributed by atoms with Crippen LogP contribution in [-0.4, -0.2) is 21.0 Å². The fourth-order valence-corrected chi connectivity index (χ4v) is 2.30. The molecular weight excluding hydrogens is 284 g/mol. The van der Waals surface area contributed by atoms with Crippen LogP contribution in [0.15, 0.2) is 34.9 Å². The molecule has 2 aromatic heterocycles. The third kappa shape index (κ3) is 1.51. The van der Waals surface area contributed by atoms with E-state index in [2.05, 4.69) is 25.9 Å². The van der Waals surface area contributed by atoms with Gasteiger partial charge in [-0.15, -0.1) is 0 Å². The number of aromatic amines is 1. The molecule has 2 N–H and O–H groups in total. The number of aromatic carboxylic acids is 1. The van der Waals surface area contributed by atoms with Gasteiger partial charge < -0.3 is 10.1 Å². The van der Waals surface area contributed by atoms with Crippen molar-refractivity contribution in [3.05, 3.63) is 40.5 Å². The van der Waals surface area contributed by atoms with Crippen molar-refractivity contribution in [2.45, 2.75) is 0 Å². The van der Waals surface area contributed by atoms with Crippen molar-refractivity contribution in [2.75, 3.05) is 0 Å². The summed E-state index contributed by atoms with van der Waals surface area (Å²) in [4.78, 5) is 18.6. The minimum atomic E-state index is -0.943. The van der Waals surface area contributed by atoms with E-state index in [0.29, 0.717) is 10.9 Å². The normalized spacial score (nSPS) is 11.1. The Kier molecular flexibility index (Phi) is 2.16. The van der Waals surface area contributed by atoms with Gasteiger partial charge in [0.15, 0.2) is 0 Å². The quantitative estimate of drug-likeness (QED) is 0.723. The summed E-state index contributed by atoms with van der Waals surface area (Å²) in [5.74, 6) is -0.943. The summed E-state index contributed by atoms with van der Waals surface area (Å²) in [7, 11) is 0. The SMILES string of the molecule is O=C(O)c1cccc2[nH]c3cc(Br)cnc3c12. The van der Waals surface area contributed by atoms with Crippen LogP contribution in [0.25, 0.3) is 21.9 Å². The van der Waals surface area contributed by atoms with Gasteiger partial charge in [-0.05, 0) is 34.1 Å². The lowest BCUT2D eigenvalue weighted by molar-refractivity contribution is 0.0699. The fraction of sp³-hybridized carbons (Fsp3) is 0. The number of carbonyl (C=O) groups is 1. The minimum absolute atomic E-state index is 0.267. The highest BCUT2D eigenvalue weighted by atomic mass is 79.9. The largest absolute Gasteiger partial charge is 0.478 e. The molecule has 0 saturated heterocycles. The number of pyridine rings is 1. The van der Waals surface area contributed by atoms with Gasteiger partial charge in [-0.25, -0.2) is 4.79 Å². The Morgan fingerprint density at radius 1 is 1.35 bits per heavy atom. The first kappa shape index (κ1) is 10.3. The molecule has 0 spiro atoms. The van der Waals surface area contributed by atoms with Gasteiger partial charge in [0, 0.05) is 21.6 Å². The van der Waals surface area contributed by atoms with Crippen LogP contribution in [0.2, 0.25) is 0 Å². The van der Waals surface area contributed by atoms with E-state index in [-0.39, 0.29) is 5.56 Å². The van der Waals surface area contributed by atoms with E-state index in [9.17, 15) is 4.79 Å². The second-order valence-corrected chi connectivity index (χ2v) is 4.62. The third-order valence-corrected chi connectivity index (χ3v) is 3.09. The highest BCUT2D eigenvalue weighted by Crippen LogP contribution is 2.28. The molecule has 0 saturated carbocycles. The van der Waals surface area contributed by atoms with E-state index >= 15 is 0 Å². The van der Waals surface area contributed by atoms with Gasteiger partial charge in [0.25, 0.3) is 0 Å². The third-order valence-electron chi connectivity index (χ3n) is 2.66. The molecular formula is C12H7BrN2O2. The van der Waals surface area contributed by atoms with E-state index in [1.807, 2.05) is 12.1 Å². The molecule has 0 radical (unpaired) electrons. The first-order chi connectivity index (χ1) is 8.16. The van der Waals surface area contributed by atoms with E-state index < -0.39 is 5.97 Å². The number of fused-ring (bicyclic) bond motifs is 3. The van der Waals surface area contributed by atoms with Gasteiger partial charge in [-0.3, -0.25) is 4.98 Å². The number of nitrogens with zero attached hydrogens (tertiary/aromatic N) is 1. The van der Waals surface area contributed by atoms with Crippen molar-refractivity contribution in [1.29, 1.82) is 0 Å². The average molecular weight is 291 g/mol. The molecule has 3 rings (SSSR count). The number of H-pyrrole nitrogens is 1. The maximum Gasteiger partial charge on any atom is 0.336 e. The number of aromatic nitrogens is 2. The standard InChI is InChI=1S/C12H7BrN2O2/c13-6-4-9-11(14-5-6)10-7(12(16)17)2-1-3-8(10)15-9/h1-5,15H,(H,16,17). The van der Waals surface area contributed by atoms with E-state index in [4.69, 9.17) is 5.11 Å². The van der Waals surface area contributed by atoms with Crippen molar-refractivity contribution in [3.8, 4) is 0 Å². The number of nitrogens with one attached hydrogen (secondary N) is 1. The molecule has 1 aromatic carbocycles. The van der Waals surface area contributed by atoms with Crippen LogP contribution in [-0.2, 0) is 0 Å². The van der Waals surface area contributed by atoms with Crippen molar-refractivity contribution >= 4 is 43.8 Å². The zero-order chi connectivity index (χ0) is 12.0. The van der Waals surface area contributed by atoms with Crippen LogP contribution < -0.4 is 0 Å². The summed E-state index contributed by atoms with van der Waals surface area (Å²) in [6.45, 7) is 0. The predicted octanol–water partition coefficient (Wildman–Crippen LogP) is 3.18. The van der Waals surface area contributed by atoms with Crippen LogP contribution in [0.3, 0.4) is 0 Å². The number of carboxylic acid groups (broad SMARTS) is 1. The average Bonchev–Trinajstić information content (AvgIpc) is 2.65. The molecule has 84 valence electrons. The summed E-state index contributed by atoms with van der Waals surface area (Å²) in [5, 5.41) is 9.82. The summed E-state index contributed by atoms with van der Waals surface area (Å²) < 4.78 is 0.855. The topological polar surface area (TPSA) is 66.0 Å². The molecule has 5 heteroatoms. The van der Waals surface area contributed by atoms with E-state index in [1.165, 1.54) is 0 Å². The Morgan fingerprint density at radius 2 is 2.18 bits per heavy atom. The summed E-state index contributed by atoms with van der Waals surface area (Å²) >= 11 is 3.34. The van der Waals surface area contributed by atoms with Gasteiger partial charge in [-0.2, -0.15) is 0 Å². The molecule has 0 bridgehead atoms. The Morgan fingerprint density at radius 3 is 2.94 bits per heavy atom. The molecule has 0 unspecified atom stereocenters. The van der Waals surface area contributed by atoms with Crippen molar-refractivity contribution in [3.63, 3.8) is 0 Å². The number of hydrogen-bond donors (Lipinski definition) is 2. The van der Waals surface area contributed by atoms with E-state index in [1.54, 1.807) is 18.3 Å². The zero-order valence-corrected chi connectivity index (χ0v) is 10.2. The molecule has 0 aliphatic heterocycles. The van der Waals surface area contributed by atoms with Crippen LogP contribution >= 0.6 is 15.9 Å². The Balaban J connectivity index is 2.53. The highest BCUT2D eigenvalue weighted by Gasteiger charge is 2.14. The lowest BCUT2D eigenvalue weighted by atomic mass is 10.1. The monoisotopic (exact) mass is 290 g/mol. The molecule has 2 heterocycles. The van der Waals surface area contributed by atoms with Crippen molar-refractivity contribution in [2.24, 2.45) is 0 Å². The number of hydrogen-bond acceptors (Lipinski definition) is 2. The molecule has 0 fully saturated rings. The highest BCUT2D eigenvalue weighted by molar-refractivity contribution is 9.10. The minimum Gasteiger partial charge on any atom is -0.478 e. The lowest BCUT2D eigenvalue weighted by Crippen LogP contribution is -1.96. The number of halogens is 1. The molecule has 17 heavy (non-hydrogen) atoms. The van der Waals surface area contributed by atoms with Crippen molar-refractivity contribution < 1.29 is 9.90 Å². The zero-order valence-electron chi connectivity index (χ0n) is 8.57. The smallest absolute Gasteiger partial charge is 0.336 e. The molecule has 0 amide bonds. The molecule has 0 aliphatic carbocycles. The first-order valence-corrected chi connectivity index (χ1v) is 5.75. The van der Waals surface area contributed by atoms with Crippen LogP contribution in [0.5, 0.6) is 0 Å². The number of benzene rings is 1. The van der Waals surface area contributed by atoms with Gasteiger partial charge in [0.1, 0.15) is 0 Å². The Bertz CT molecular complexity index is 749. The first-order valence-electron chi connectivity index (χ1n) is 4.96. The van der Waals surface area contributed by atoms with Crippen molar-refractivity contribution in [1.82, 2.24) is 9.97 Å². The van der Waals surface area contributed by atoms with Gasteiger partial charge in [0.2, 0.25) is 0 Å². The van der Waals surface area contributed by atoms with Crippen LogP contribution in [0.4, 0.5) is 0 Å². The molecule has 0 aliphatic rings. The van der Waals surface area contributed by atoms with E-state index in [0.717, 1.165) is 15.5 Å². The Labute approximate surface area is 104 Å². The van der Waals surface area contributed by atoms with Crippen LogP contribution in [0, 0.1) is 0 Å². The summed E-state index contributed by atoms with van der Waals surface area (Å²) in [6, 6.07) is 7.03. The summed E-state index contributed by atoms with van der Waals surface area (Å²) in [5.41, 5.74) is 2.55. The molecule has 4 nitrogen and oxygen atoms in total. The molecule has 0 atom stereocenters. The predicted molar refractivity (Wildman–Crippen MR) is 68.3 cm³/mol. The number of rotatable bonds is 1. The number of carboxylic acids is 1. The fourth-order valence-electron chi connectivity index (χ4n) is 1.97. The van der Waals surface area contributed by atoms with Gasteiger partial charge in [0.05, 0.1) is 16.6 Å².